The number of aromatic nitrogens is 2. The van der Waals surface area contributed by atoms with E-state index in [1.807, 2.05) is 24.3 Å². The number of oxazole rings is 1. The molecule has 3 rings (SSSR count). The van der Waals surface area contributed by atoms with Gasteiger partial charge in [-0.2, -0.15) is 5.26 Å². The van der Waals surface area contributed by atoms with Crippen molar-refractivity contribution < 1.29 is 4.42 Å². The number of hydrogen-bond donors (Lipinski definition) is 1. The number of anilines is 1. The summed E-state index contributed by atoms with van der Waals surface area (Å²) in [5, 5.41) is 12.7. The maximum atomic E-state index is 9.23. The van der Waals surface area contributed by atoms with Gasteiger partial charge in [0.25, 0.3) is 0 Å². The van der Waals surface area contributed by atoms with E-state index in [0.717, 1.165) is 0 Å². The highest BCUT2D eigenvalue weighted by atomic mass is 35.5. The van der Waals surface area contributed by atoms with Crippen LogP contribution in [0, 0.1) is 11.3 Å². The number of nitrogens with one attached hydrogen (secondary N) is 1. The molecule has 21 heavy (non-hydrogen) atoms. The fourth-order valence-corrected chi connectivity index (χ4v) is 1.85. The van der Waals surface area contributed by atoms with Crippen molar-refractivity contribution in [3.05, 3.63) is 59.7 Å². The Bertz CT molecular complexity index is 813. The van der Waals surface area contributed by atoms with E-state index in [1.54, 1.807) is 18.2 Å². The van der Waals surface area contributed by atoms with Crippen molar-refractivity contribution in [2.24, 2.45) is 0 Å². The Balaban J connectivity index is 1.89. The van der Waals surface area contributed by atoms with Crippen LogP contribution in [0.3, 0.4) is 0 Å². The third-order valence-corrected chi connectivity index (χ3v) is 2.96. The van der Waals surface area contributed by atoms with Gasteiger partial charge in [0.05, 0.1) is 5.02 Å². The number of allylic oxidation sites excluding steroid dienone is 1. The molecule has 0 amide bonds. The van der Waals surface area contributed by atoms with Crippen LogP contribution in [0.25, 0.3) is 16.7 Å². The van der Waals surface area contributed by atoms with E-state index >= 15 is 0 Å². The summed E-state index contributed by atoms with van der Waals surface area (Å²) in [5.41, 5.74) is 1.62. The number of hydrogen-bond acceptors (Lipinski definition) is 5. The van der Waals surface area contributed by atoms with Crippen LogP contribution in [0.2, 0.25) is 5.02 Å². The van der Waals surface area contributed by atoms with Crippen LogP contribution in [0.15, 0.2) is 53.2 Å². The second kappa shape index (κ2) is 5.65. The zero-order valence-electron chi connectivity index (χ0n) is 10.7. The standard InChI is InChI=1S/C15H9ClN4O/c16-11-5-6-14(19-9-11)18-8-10(7-17)15-20-12-3-1-2-4-13(12)21-15/h1-6,8-9H,(H,18,19). The van der Waals surface area contributed by atoms with Gasteiger partial charge in [0.1, 0.15) is 23.0 Å². The van der Waals surface area contributed by atoms with Crippen LogP contribution < -0.4 is 5.32 Å². The Hall–Kier alpha value is -2.84. The largest absolute Gasteiger partial charge is 0.435 e. The Morgan fingerprint density at radius 1 is 1.29 bits per heavy atom. The fourth-order valence-electron chi connectivity index (χ4n) is 1.74. The number of nitrogens with zero attached hydrogens (tertiary/aromatic N) is 3. The van der Waals surface area contributed by atoms with Crippen LogP contribution in [0.5, 0.6) is 0 Å². The number of pyridine rings is 1. The maximum absolute atomic E-state index is 9.23. The number of rotatable bonds is 3. The topological polar surface area (TPSA) is 74.7 Å². The first-order chi connectivity index (χ1) is 10.3. The van der Waals surface area contributed by atoms with Crippen molar-refractivity contribution in [2.45, 2.75) is 0 Å². The molecule has 0 radical (unpaired) electrons. The van der Waals surface area contributed by atoms with E-state index in [0.29, 0.717) is 21.9 Å². The molecule has 0 saturated heterocycles. The summed E-state index contributed by atoms with van der Waals surface area (Å²) in [6, 6.07) is 12.8. The Morgan fingerprint density at radius 2 is 2.14 bits per heavy atom. The highest BCUT2D eigenvalue weighted by Crippen LogP contribution is 2.20. The van der Waals surface area contributed by atoms with Crippen LogP contribution in [-0.2, 0) is 0 Å². The SMILES string of the molecule is N#CC(=CNc1ccc(Cl)cn1)c1nc2ccccc2o1. The number of para-hydroxylation sites is 2. The highest BCUT2D eigenvalue weighted by Gasteiger charge is 2.10. The van der Waals surface area contributed by atoms with Gasteiger partial charge in [0, 0.05) is 12.4 Å². The van der Waals surface area contributed by atoms with Gasteiger partial charge >= 0.3 is 0 Å². The molecule has 5 nitrogen and oxygen atoms in total. The molecule has 0 saturated carbocycles. The van der Waals surface area contributed by atoms with Crippen molar-refractivity contribution in [3.8, 4) is 6.07 Å². The van der Waals surface area contributed by atoms with Crippen LogP contribution in [-0.4, -0.2) is 9.97 Å². The molecule has 1 N–H and O–H groups in total. The molecule has 102 valence electrons. The van der Waals surface area contributed by atoms with Crippen molar-refractivity contribution in [3.63, 3.8) is 0 Å². The monoisotopic (exact) mass is 296 g/mol. The smallest absolute Gasteiger partial charge is 0.239 e. The quantitative estimate of drug-likeness (QED) is 0.743. The van der Waals surface area contributed by atoms with Crippen molar-refractivity contribution >= 4 is 34.1 Å². The molecule has 2 aromatic heterocycles. The van der Waals surface area contributed by atoms with Crippen LogP contribution >= 0.6 is 11.6 Å². The molecule has 0 fully saturated rings. The van der Waals surface area contributed by atoms with Crippen molar-refractivity contribution in [1.82, 2.24) is 9.97 Å². The third kappa shape index (κ3) is 2.86. The predicted molar refractivity (Wildman–Crippen MR) is 80.5 cm³/mol. The average molecular weight is 297 g/mol. The first kappa shape index (κ1) is 13.2. The second-order valence-corrected chi connectivity index (χ2v) is 4.60. The van der Waals surface area contributed by atoms with Crippen molar-refractivity contribution in [2.75, 3.05) is 5.32 Å². The molecule has 6 heteroatoms. The minimum Gasteiger partial charge on any atom is -0.435 e. The summed E-state index contributed by atoms with van der Waals surface area (Å²) >= 11 is 5.76. The Labute approximate surface area is 125 Å². The molecule has 0 spiro atoms. The maximum Gasteiger partial charge on any atom is 0.239 e. The van der Waals surface area contributed by atoms with Gasteiger partial charge in [-0.1, -0.05) is 23.7 Å². The molecule has 0 aliphatic heterocycles. The number of fused-ring (bicyclic) bond motifs is 1. The van der Waals surface area contributed by atoms with Gasteiger partial charge in [-0.25, -0.2) is 9.97 Å². The van der Waals surface area contributed by atoms with Gasteiger partial charge in [-0.15, -0.1) is 0 Å². The molecule has 0 unspecified atom stereocenters. The summed E-state index contributed by atoms with van der Waals surface area (Å²) in [4.78, 5) is 8.34. The van der Waals surface area contributed by atoms with Gasteiger partial charge < -0.3 is 9.73 Å². The number of nitriles is 1. The first-order valence-corrected chi connectivity index (χ1v) is 6.48. The first-order valence-electron chi connectivity index (χ1n) is 6.10. The molecule has 0 aliphatic carbocycles. The molecule has 2 heterocycles. The van der Waals surface area contributed by atoms with E-state index in [-0.39, 0.29) is 11.5 Å². The highest BCUT2D eigenvalue weighted by molar-refractivity contribution is 6.30. The van der Waals surface area contributed by atoms with E-state index < -0.39 is 0 Å². The fraction of sp³-hybridized carbons (Fsp3) is 0. The average Bonchev–Trinajstić information content (AvgIpc) is 2.93. The predicted octanol–water partition coefficient (Wildman–Crippen LogP) is 3.85. The van der Waals surface area contributed by atoms with Gasteiger partial charge in [-0.3, -0.25) is 0 Å². The van der Waals surface area contributed by atoms with E-state index in [4.69, 9.17) is 16.0 Å². The van der Waals surface area contributed by atoms with E-state index in [9.17, 15) is 5.26 Å². The molecule has 1 aromatic carbocycles. The zero-order chi connectivity index (χ0) is 14.7. The minimum atomic E-state index is 0.264. The summed E-state index contributed by atoms with van der Waals surface area (Å²) in [6.07, 6.45) is 3.02. The lowest BCUT2D eigenvalue weighted by Crippen LogP contribution is -1.93. The summed E-state index contributed by atoms with van der Waals surface area (Å²) < 4.78 is 5.55. The van der Waals surface area contributed by atoms with Crippen molar-refractivity contribution in [1.29, 1.82) is 5.26 Å². The van der Waals surface area contributed by atoms with Crippen LogP contribution in [0.1, 0.15) is 5.89 Å². The molecular weight excluding hydrogens is 288 g/mol. The molecule has 0 aliphatic rings. The number of halogens is 1. The lowest BCUT2D eigenvalue weighted by molar-refractivity contribution is 0.586. The summed E-state index contributed by atoms with van der Waals surface area (Å²) in [6.45, 7) is 0. The van der Waals surface area contributed by atoms with Crippen LogP contribution in [0.4, 0.5) is 5.82 Å². The molecule has 0 atom stereocenters. The van der Waals surface area contributed by atoms with Gasteiger partial charge in [0.2, 0.25) is 5.89 Å². The Kier molecular flexibility index (Phi) is 3.54. The van der Waals surface area contributed by atoms with E-state index in [1.165, 1.54) is 12.4 Å². The zero-order valence-corrected chi connectivity index (χ0v) is 11.5. The summed E-state index contributed by atoms with van der Waals surface area (Å²) in [7, 11) is 0. The lowest BCUT2D eigenvalue weighted by Gasteiger charge is -1.99. The van der Waals surface area contributed by atoms with E-state index in [2.05, 4.69) is 15.3 Å². The normalized spacial score (nSPS) is 11.3. The van der Waals surface area contributed by atoms with Gasteiger partial charge in [0.15, 0.2) is 5.58 Å². The second-order valence-electron chi connectivity index (χ2n) is 4.16. The lowest BCUT2D eigenvalue weighted by atomic mass is 10.3. The molecular formula is C15H9ClN4O. The summed E-state index contributed by atoms with van der Waals surface area (Å²) in [5.74, 6) is 0.837. The Morgan fingerprint density at radius 3 is 2.86 bits per heavy atom. The molecule has 3 aromatic rings. The minimum absolute atomic E-state index is 0.264. The van der Waals surface area contributed by atoms with Gasteiger partial charge in [-0.05, 0) is 24.3 Å². The number of benzene rings is 1. The third-order valence-electron chi connectivity index (χ3n) is 2.74. The molecule has 0 bridgehead atoms.